The van der Waals surface area contributed by atoms with Gasteiger partial charge in [-0.3, -0.25) is 0 Å². The first-order valence-electron chi connectivity index (χ1n) is 4.71. The van der Waals surface area contributed by atoms with Crippen LogP contribution in [0.4, 0.5) is 8.78 Å². The van der Waals surface area contributed by atoms with E-state index in [2.05, 4.69) is 6.07 Å². The fraction of sp³-hybridized carbons (Fsp3) is 0.333. The maximum Gasteiger partial charge on any atom is 0.251 e. The second-order valence-electron chi connectivity index (χ2n) is 3.57. The molecular weight excluding hydrogens is 182 g/mol. The zero-order valence-corrected chi connectivity index (χ0v) is 7.76. The van der Waals surface area contributed by atoms with E-state index in [-0.39, 0.29) is 12.8 Å². The molecule has 14 heavy (non-hydrogen) atoms. The largest absolute Gasteiger partial charge is 0.251 e. The summed E-state index contributed by atoms with van der Waals surface area (Å²) in [5.74, 6) is -2.50. The summed E-state index contributed by atoms with van der Waals surface area (Å²) in [5.41, 5.74) is 1.94. The van der Waals surface area contributed by atoms with Crippen molar-refractivity contribution in [2.24, 2.45) is 0 Å². The number of rotatable bonds is 1. The Bertz CT molecular complexity index is 339. The first kappa shape index (κ1) is 9.38. The highest BCUT2D eigenvalue weighted by Gasteiger charge is 2.30. The Kier molecular flexibility index (Phi) is 2.36. The molecule has 0 saturated heterocycles. The van der Waals surface area contributed by atoms with Crippen molar-refractivity contribution in [2.45, 2.75) is 25.2 Å². The molecule has 0 nitrogen and oxygen atoms in total. The SMILES string of the molecule is FC1(F)CC=C(c2[c]cccc2)CC1. The fourth-order valence-corrected chi connectivity index (χ4v) is 1.63. The molecule has 0 spiro atoms. The molecule has 2 rings (SSSR count). The molecule has 0 heterocycles. The van der Waals surface area contributed by atoms with Gasteiger partial charge in [-0.2, -0.15) is 0 Å². The maximum absolute atomic E-state index is 12.8. The number of alkyl halides is 2. The lowest BCUT2D eigenvalue weighted by Gasteiger charge is -2.21. The number of hydrogen-bond donors (Lipinski definition) is 0. The van der Waals surface area contributed by atoms with Crippen molar-refractivity contribution in [3.05, 3.63) is 42.0 Å². The second-order valence-corrected chi connectivity index (χ2v) is 3.57. The lowest BCUT2D eigenvalue weighted by Crippen LogP contribution is -2.18. The third-order valence-electron chi connectivity index (χ3n) is 2.46. The van der Waals surface area contributed by atoms with Gasteiger partial charge in [0.05, 0.1) is 0 Å². The molecule has 1 aliphatic rings. The van der Waals surface area contributed by atoms with Crippen LogP contribution in [0.15, 0.2) is 30.3 Å². The minimum atomic E-state index is -2.50. The van der Waals surface area contributed by atoms with E-state index >= 15 is 0 Å². The van der Waals surface area contributed by atoms with Crippen LogP contribution < -0.4 is 0 Å². The van der Waals surface area contributed by atoms with Crippen molar-refractivity contribution in [1.82, 2.24) is 0 Å². The molecule has 0 aromatic heterocycles. The minimum absolute atomic E-state index is 0.0401. The zero-order chi connectivity index (χ0) is 10.0. The Morgan fingerprint density at radius 1 is 1.29 bits per heavy atom. The van der Waals surface area contributed by atoms with Crippen LogP contribution in [0.2, 0.25) is 0 Å². The molecule has 0 amide bonds. The van der Waals surface area contributed by atoms with Gasteiger partial charge < -0.3 is 0 Å². The van der Waals surface area contributed by atoms with Crippen LogP contribution in [0.25, 0.3) is 5.57 Å². The van der Waals surface area contributed by atoms with Gasteiger partial charge in [0.25, 0.3) is 5.92 Å². The molecule has 0 unspecified atom stereocenters. The Morgan fingerprint density at radius 2 is 2.14 bits per heavy atom. The second kappa shape index (κ2) is 3.52. The van der Waals surface area contributed by atoms with E-state index in [0.29, 0.717) is 6.42 Å². The summed E-state index contributed by atoms with van der Waals surface area (Å²) in [4.78, 5) is 0. The van der Waals surface area contributed by atoms with Gasteiger partial charge in [-0.25, -0.2) is 8.78 Å². The van der Waals surface area contributed by atoms with E-state index in [9.17, 15) is 8.78 Å². The van der Waals surface area contributed by atoms with E-state index in [1.165, 1.54) is 0 Å². The number of benzene rings is 1. The standard InChI is InChI=1S/C12H11F2/c13-12(14)8-6-11(7-9-12)10-4-2-1-3-5-10/h1-4,6H,7-9H2. The van der Waals surface area contributed by atoms with Gasteiger partial charge in [0.15, 0.2) is 0 Å². The average Bonchev–Trinajstić information content (AvgIpc) is 2.19. The molecule has 73 valence electrons. The summed E-state index contributed by atoms with van der Waals surface area (Å²) in [5, 5.41) is 0. The van der Waals surface area contributed by atoms with Gasteiger partial charge >= 0.3 is 0 Å². The molecule has 0 saturated carbocycles. The Hall–Kier alpha value is -1.18. The molecule has 0 atom stereocenters. The van der Waals surface area contributed by atoms with Crippen LogP contribution in [0.1, 0.15) is 24.8 Å². The molecule has 1 aromatic carbocycles. The first-order chi connectivity index (χ1) is 6.67. The van der Waals surface area contributed by atoms with Gasteiger partial charge in [-0.1, -0.05) is 30.3 Å². The minimum Gasteiger partial charge on any atom is -0.207 e. The molecule has 1 aromatic rings. The van der Waals surface area contributed by atoms with E-state index < -0.39 is 5.92 Å². The van der Waals surface area contributed by atoms with E-state index in [1.54, 1.807) is 6.08 Å². The van der Waals surface area contributed by atoms with Crippen molar-refractivity contribution in [3.63, 3.8) is 0 Å². The third kappa shape index (κ3) is 2.00. The number of allylic oxidation sites excluding steroid dienone is 2. The smallest absolute Gasteiger partial charge is 0.207 e. The normalized spacial score (nSPS) is 20.3. The first-order valence-corrected chi connectivity index (χ1v) is 4.71. The molecule has 2 heteroatoms. The van der Waals surface area contributed by atoms with Gasteiger partial charge in [0, 0.05) is 12.8 Å². The zero-order valence-electron chi connectivity index (χ0n) is 7.76. The Morgan fingerprint density at radius 3 is 2.71 bits per heavy atom. The molecule has 1 aliphatic carbocycles. The predicted molar refractivity (Wildman–Crippen MR) is 52.1 cm³/mol. The summed E-state index contributed by atoms with van der Waals surface area (Å²) in [6, 6.07) is 10.6. The van der Waals surface area contributed by atoms with Crippen LogP contribution in [0.3, 0.4) is 0 Å². The van der Waals surface area contributed by atoms with Gasteiger partial charge in [0.1, 0.15) is 0 Å². The van der Waals surface area contributed by atoms with Crippen LogP contribution in [0, 0.1) is 6.07 Å². The Labute approximate surface area is 82.3 Å². The van der Waals surface area contributed by atoms with Crippen molar-refractivity contribution < 1.29 is 8.78 Å². The summed E-state index contributed by atoms with van der Waals surface area (Å²) in [6.45, 7) is 0. The molecule has 0 bridgehead atoms. The van der Waals surface area contributed by atoms with Crippen molar-refractivity contribution in [3.8, 4) is 0 Å². The lowest BCUT2D eigenvalue weighted by molar-refractivity contribution is -0.00602. The lowest BCUT2D eigenvalue weighted by atomic mass is 9.92. The maximum atomic E-state index is 12.8. The van der Waals surface area contributed by atoms with Crippen molar-refractivity contribution >= 4 is 5.57 Å². The van der Waals surface area contributed by atoms with Crippen molar-refractivity contribution in [2.75, 3.05) is 0 Å². The number of hydrogen-bond acceptors (Lipinski definition) is 0. The van der Waals surface area contributed by atoms with E-state index in [0.717, 1.165) is 11.1 Å². The highest BCUT2D eigenvalue weighted by atomic mass is 19.3. The van der Waals surface area contributed by atoms with Crippen LogP contribution in [0.5, 0.6) is 0 Å². The summed E-state index contributed by atoms with van der Waals surface area (Å²) < 4.78 is 25.7. The Balaban J connectivity index is 2.19. The molecule has 0 N–H and O–H groups in total. The molecular formula is C12H11F2. The molecule has 1 radical (unpaired) electrons. The van der Waals surface area contributed by atoms with Crippen LogP contribution >= 0.6 is 0 Å². The monoisotopic (exact) mass is 193 g/mol. The predicted octanol–water partition coefficient (Wildman–Crippen LogP) is 3.69. The van der Waals surface area contributed by atoms with Crippen molar-refractivity contribution in [1.29, 1.82) is 0 Å². The fourth-order valence-electron chi connectivity index (χ4n) is 1.63. The highest BCUT2D eigenvalue weighted by Crippen LogP contribution is 2.35. The van der Waals surface area contributed by atoms with Gasteiger partial charge in [-0.05, 0) is 23.6 Å². The van der Waals surface area contributed by atoms with Gasteiger partial charge in [-0.15, -0.1) is 0 Å². The van der Waals surface area contributed by atoms with Gasteiger partial charge in [0.2, 0.25) is 0 Å². The highest BCUT2D eigenvalue weighted by molar-refractivity contribution is 5.65. The van der Waals surface area contributed by atoms with Crippen LogP contribution in [-0.4, -0.2) is 5.92 Å². The van der Waals surface area contributed by atoms with Crippen LogP contribution in [-0.2, 0) is 0 Å². The van der Waals surface area contributed by atoms with E-state index in [4.69, 9.17) is 0 Å². The van der Waals surface area contributed by atoms with E-state index in [1.807, 2.05) is 24.3 Å². The topological polar surface area (TPSA) is 0 Å². The number of halogens is 2. The summed E-state index contributed by atoms with van der Waals surface area (Å²) >= 11 is 0. The summed E-state index contributed by atoms with van der Waals surface area (Å²) in [7, 11) is 0. The summed E-state index contributed by atoms with van der Waals surface area (Å²) in [6.07, 6.45) is 1.91. The average molecular weight is 193 g/mol. The third-order valence-corrected chi connectivity index (χ3v) is 2.46. The molecule has 0 fully saturated rings. The quantitative estimate of drug-likeness (QED) is 0.638. The molecule has 0 aliphatic heterocycles.